The van der Waals surface area contributed by atoms with E-state index in [1.807, 2.05) is 18.2 Å². The van der Waals surface area contributed by atoms with Crippen LogP contribution in [0.25, 0.3) is 0 Å². The number of esters is 1. The van der Waals surface area contributed by atoms with E-state index in [1.54, 1.807) is 0 Å². The summed E-state index contributed by atoms with van der Waals surface area (Å²) in [6.07, 6.45) is 7.89. The lowest BCUT2D eigenvalue weighted by molar-refractivity contribution is -0.146. The molecule has 134 valence electrons. The molecule has 6 heteroatoms. The molecule has 0 heterocycles. The Morgan fingerprint density at radius 2 is 2.08 bits per heavy atom. The van der Waals surface area contributed by atoms with Crippen LogP contribution in [0.15, 0.2) is 12.2 Å². The van der Waals surface area contributed by atoms with Gasteiger partial charge in [-0.3, -0.25) is 9.59 Å². The van der Waals surface area contributed by atoms with Crippen molar-refractivity contribution in [1.29, 1.82) is 5.26 Å². The maximum Gasteiger partial charge on any atom is 0.306 e. The van der Waals surface area contributed by atoms with Crippen molar-refractivity contribution in [2.75, 3.05) is 13.2 Å². The number of allylic oxidation sites excluding steroid dienone is 1. The van der Waals surface area contributed by atoms with Gasteiger partial charge in [-0.15, -0.1) is 0 Å². The van der Waals surface area contributed by atoms with Gasteiger partial charge in [-0.05, 0) is 19.3 Å². The van der Waals surface area contributed by atoms with Crippen molar-refractivity contribution in [3.63, 3.8) is 0 Å². The fourth-order valence-corrected chi connectivity index (χ4v) is 2.92. The number of Topliss-reactive ketones (excluding diaryl/α,β-unsaturated/α-hetero) is 1. The second-order valence-corrected chi connectivity index (χ2v) is 6.11. The quantitative estimate of drug-likeness (QED) is 0.339. The number of aliphatic hydroxyl groups excluding tert-OH is 2. The third-order valence-electron chi connectivity index (χ3n) is 4.23. The van der Waals surface area contributed by atoms with Crippen LogP contribution in [0.3, 0.4) is 0 Å². The first kappa shape index (κ1) is 20.3. The van der Waals surface area contributed by atoms with Crippen LogP contribution in [0.4, 0.5) is 0 Å². The number of carbonyl (C=O) groups is 2. The van der Waals surface area contributed by atoms with Gasteiger partial charge in [0.1, 0.15) is 12.4 Å². The number of hydrogen-bond acceptors (Lipinski definition) is 6. The summed E-state index contributed by atoms with van der Waals surface area (Å²) in [5, 5.41) is 27.2. The zero-order chi connectivity index (χ0) is 17.8. The zero-order valence-corrected chi connectivity index (χ0v) is 14.0. The Hall–Kier alpha value is -1.71. The predicted octanol–water partition coefficient (Wildman–Crippen LogP) is 1.90. The van der Waals surface area contributed by atoms with E-state index in [9.17, 15) is 14.7 Å². The third kappa shape index (κ3) is 7.24. The maximum atomic E-state index is 12.0. The van der Waals surface area contributed by atoms with E-state index in [0.717, 1.165) is 32.1 Å². The van der Waals surface area contributed by atoms with Crippen LogP contribution in [-0.2, 0) is 14.3 Å². The number of ether oxygens (including phenoxy) is 1. The van der Waals surface area contributed by atoms with Crippen molar-refractivity contribution in [1.82, 2.24) is 0 Å². The molecule has 1 rings (SSSR count). The first-order valence-corrected chi connectivity index (χ1v) is 8.61. The highest BCUT2D eigenvalue weighted by atomic mass is 16.5. The molecule has 0 aliphatic heterocycles. The molecule has 2 N–H and O–H groups in total. The summed E-state index contributed by atoms with van der Waals surface area (Å²) >= 11 is 0. The highest BCUT2D eigenvalue weighted by Gasteiger charge is 2.41. The molecular weight excluding hydrogens is 310 g/mol. The van der Waals surface area contributed by atoms with E-state index >= 15 is 0 Å². The Bertz CT molecular complexity index is 469. The third-order valence-corrected chi connectivity index (χ3v) is 4.23. The van der Waals surface area contributed by atoms with Gasteiger partial charge in [-0.25, -0.2) is 0 Å². The highest BCUT2D eigenvalue weighted by Crippen LogP contribution is 2.33. The predicted molar refractivity (Wildman–Crippen MR) is 87.7 cm³/mol. The van der Waals surface area contributed by atoms with Gasteiger partial charge in [0.05, 0.1) is 25.0 Å². The first-order valence-electron chi connectivity index (χ1n) is 8.61. The van der Waals surface area contributed by atoms with Gasteiger partial charge >= 0.3 is 5.97 Å². The normalized spacial score (nSPS) is 23.5. The summed E-state index contributed by atoms with van der Waals surface area (Å²) in [7, 11) is 0. The smallest absolute Gasteiger partial charge is 0.306 e. The molecule has 1 aliphatic rings. The molecule has 3 atom stereocenters. The Morgan fingerprint density at radius 3 is 2.79 bits per heavy atom. The average Bonchev–Trinajstić information content (AvgIpc) is 2.81. The van der Waals surface area contributed by atoms with Crippen molar-refractivity contribution in [3.05, 3.63) is 12.2 Å². The molecule has 0 aromatic carbocycles. The molecule has 1 fully saturated rings. The summed E-state index contributed by atoms with van der Waals surface area (Å²) < 4.78 is 4.92. The standard InChI is InChI=1S/C18H27NO5/c19-9-7-11-24-18(23)12-15-14(16(21)13-17(15)22)8-5-3-1-2-4-6-10-20/h5,8,14-16,20-21H,1-4,6-7,10-13H2/b8-5+/t14-,15-,16+/m1/s1. The lowest BCUT2D eigenvalue weighted by Crippen LogP contribution is -2.22. The Morgan fingerprint density at radius 1 is 1.33 bits per heavy atom. The summed E-state index contributed by atoms with van der Waals surface area (Å²) in [6, 6.07) is 1.88. The number of ketones is 1. The molecule has 1 aliphatic carbocycles. The minimum absolute atomic E-state index is 0.0349. The lowest BCUT2D eigenvalue weighted by atomic mass is 9.90. The van der Waals surface area contributed by atoms with Gasteiger partial charge in [-0.2, -0.15) is 5.26 Å². The van der Waals surface area contributed by atoms with Crippen molar-refractivity contribution in [2.24, 2.45) is 11.8 Å². The molecular formula is C18H27NO5. The van der Waals surface area contributed by atoms with Crippen LogP contribution < -0.4 is 0 Å². The number of carbonyl (C=O) groups excluding carboxylic acids is 2. The topological polar surface area (TPSA) is 108 Å². The van der Waals surface area contributed by atoms with Gasteiger partial charge in [-0.1, -0.05) is 25.0 Å². The average molecular weight is 337 g/mol. The van der Waals surface area contributed by atoms with Crippen LogP contribution in [0.5, 0.6) is 0 Å². The van der Waals surface area contributed by atoms with E-state index < -0.39 is 18.0 Å². The largest absolute Gasteiger partial charge is 0.465 e. The SMILES string of the molecule is N#CCCOC(=O)C[C@H]1C(=O)C[C@H](O)[C@@H]1/C=C/CCCCCCO. The van der Waals surface area contributed by atoms with Crippen molar-refractivity contribution < 1.29 is 24.5 Å². The fourth-order valence-electron chi connectivity index (χ4n) is 2.92. The van der Waals surface area contributed by atoms with Crippen LogP contribution in [0, 0.1) is 23.2 Å². The second-order valence-electron chi connectivity index (χ2n) is 6.11. The van der Waals surface area contributed by atoms with Gasteiger partial charge in [0.15, 0.2) is 0 Å². The highest BCUT2D eigenvalue weighted by molar-refractivity contribution is 5.88. The summed E-state index contributed by atoms with van der Waals surface area (Å²) in [5.41, 5.74) is 0. The van der Waals surface area contributed by atoms with E-state index in [1.165, 1.54) is 0 Å². The summed E-state index contributed by atoms with van der Waals surface area (Å²) in [4.78, 5) is 23.7. The van der Waals surface area contributed by atoms with E-state index in [-0.39, 0.29) is 44.2 Å². The van der Waals surface area contributed by atoms with Crippen molar-refractivity contribution >= 4 is 11.8 Å². The van der Waals surface area contributed by atoms with E-state index in [2.05, 4.69) is 0 Å². The number of unbranched alkanes of at least 4 members (excludes halogenated alkanes) is 4. The molecule has 0 aromatic rings. The molecule has 6 nitrogen and oxygen atoms in total. The molecule has 0 aromatic heterocycles. The van der Waals surface area contributed by atoms with Gasteiger partial charge in [0.25, 0.3) is 0 Å². The molecule has 0 saturated heterocycles. The minimum Gasteiger partial charge on any atom is -0.465 e. The van der Waals surface area contributed by atoms with E-state index in [0.29, 0.717) is 0 Å². The first-order chi connectivity index (χ1) is 11.6. The van der Waals surface area contributed by atoms with Crippen LogP contribution in [0.1, 0.15) is 51.4 Å². The van der Waals surface area contributed by atoms with Gasteiger partial charge < -0.3 is 14.9 Å². The van der Waals surface area contributed by atoms with Crippen LogP contribution in [-0.4, -0.2) is 41.3 Å². The Kier molecular flexibility index (Phi) is 9.97. The molecule has 0 unspecified atom stereocenters. The number of nitriles is 1. The number of aliphatic hydroxyl groups is 2. The summed E-state index contributed by atoms with van der Waals surface area (Å²) in [5.74, 6) is -1.50. The van der Waals surface area contributed by atoms with Crippen molar-refractivity contribution in [3.8, 4) is 6.07 Å². The summed E-state index contributed by atoms with van der Waals surface area (Å²) in [6.45, 7) is 0.255. The Balaban J connectivity index is 2.43. The number of nitrogens with zero attached hydrogens (tertiary/aromatic N) is 1. The number of hydrogen-bond donors (Lipinski definition) is 2. The lowest BCUT2D eigenvalue weighted by Gasteiger charge is -2.16. The minimum atomic E-state index is -0.750. The monoisotopic (exact) mass is 337 g/mol. The maximum absolute atomic E-state index is 12.0. The zero-order valence-electron chi connectivity index (χ0n) is 14.0. The molecule has 0 spiro atoms. The molecule has 1 saturated carbocycles. The molecule has 0 bridgehead atoms. The fraction of sp³-hybridized carbons (Fsp3) is 0.722. The van der Waals surface area contributed by atoms with Crippen LogP contribution in [0.2, 0.25) is 0 Å². The molecule has 0 amide bonds. The number of rotatable bonds is 11. The van der Waals surface area contributed by atoms with E-state index in [4.69, 9.17) is 15.1 Å². The van der Waals surface area contributed by atoms with Gasteiger partial charge in [0, 0.05) is 24.9 Å². The van der Waals surface area contributed by atoms with Crippen LogP contribution >= 0.6 is 0 Å². The van der Waals surface area contributed by atoms with Gasteiger partial charge in [0.2, 0.25) is 0 Å². The second kappa shape index (κ2) is 11.8. The molecule has 24 heavy (non-hydrogen) atoms. The molecule has 0 radical (unpaired) electrons. The van der Waals surface area contributed by atoms with Crippen molar-refractivity contribution in [2.45, 2.75) is 57.5 Å². The Labute approximate surface area is 143 Å².